The van der Waals surface area contributed by atoms with Crippen molar-refractivity contribution in [3.63, 3.8) is 0 Å². The van der Waals surface area contributed by atoms with Gasteiger partial charge in [0.2, 0.25) is 0 Å². The van der Waals surface area contributed by atoms with Crippen molar-refractivity contribution < 1.29 is 4.79 Å². The van der Waals surface area contributed by atoms with Crippen molar-refractivity contribution in [2.75, 3.05) is 0 Å². The molecular weight excluding hydrogens is 340 g/mol. The van der Waals surface area contributed by atoms with E-state index in [0.29, 0.717) is 5.56 Å². The average molecular weight is 365 g/mol. The van der Waals surface area contributed by atoms with Crippen molar-refractivity contribution >= 4 is 28.6 Å². The van der Waals surface area contributed by atoms with E-state index in [1.165, 1.54) is 5.56 Å². The van der Waals surface area contributed by atoms with Crippen LogP contribution in [-0.2, 0) is 5.75 Å². The van der Waals surface area contributed by atoms with Gasteiger partial charge in [-0.3, -0.25) is 4.79 Å². The summed E-state index contributed by atoms with van der Waals surface area (Å²) in [7, 11) is 0. The molecule has 0 fully saturated rings. The van der Waals surface area contributed by atoms with Gasteiger partial charge >= 0.3 is 0 Å². The van der Waals surface area contributed by atoms with Crippen LogP contribution in [0.3, 0.4) is 0 Å². The Morgan fingerprint density at radius 3 is 2.50 bits per heavy atom. The highest BCUT2D eigenvalue weighted by atomic mass is 32.2. The summed E-state index contributed by atoms with van der Waals surface area (Å²) in [5.41, 5.74) is 2.70. The molecule has 0 unspecified atom stereocenters. The topological polar surface area (TPSA) is 42.0 Å². The number of pyridine rings is 1. The van der Waals surface area contributed by atoms with Crippen molar-refractivity contribution in [1.82, 2.24) is 10.3 Å². The number of thioether (sulfide) groups is 1. The van der Waals surface area contributed by atoms with Crippen LogP contribution in [0.15, 0.2) is 65.7 Å². The summed E-state index contributed by atoms with van der Waals surface area (Å²) >= 11 is 1.70. The molecule has 1 amide bonds. The Morgan fingerprint density at radius 1 is 1.04 bits per heavy atom. The number of amides is 1. The van der Waals surface area contributed by atoms with E-state index in [1.54, 1.807) is 11.8 Å². The lowest BCUT2D eigenvalue weighted by Crippen LogP contribution is -2.42. The van der Waals surface area contributed by atoms with Gasteiger partial charge in [0.25, 0.3) is 5.91 Å². The lowest BCUT2D eigenvalue weighted by Gasteiger charge is -2.24. The molecule has 0 aliphatic rings. The molecule has 0 aliphatic heterocycles. The van der Waals surface area contributed by atoms with E-state index in [9.17, 15) is 4.79 Å². The number of nitrogens with one attached hydrogen (secondary N) is 1. The number of nitrogens with zero attached hydrogens (tertiary/aromatic N) is 1. The fraction of sp³-hybridized carbons (Fsp3) is 0.273. The van der Waals surface area contributed by atoms with Gasteiger partial charge in [-0.1, -0.05) is 43.3 Å². The third-order valence-electron chi connectivity index (χ3n) is 4.51. The quantitative estimate of drug-likeness (QED) is 0.592. The number of fused-ring (bicyclic) bond motifs is 1. The van der Waals surface area contributed by atoms with Crippen LogP contribution in [0.5, 0.6) is 0 Å². The van der Waals surface area contributed by atoms with Crippen molar-refractivity contribution in [2.24, 2.45) is 0 Å². The maximum atomic E-state index is 12.3. The molecule has 3 rings (SSSR count). The molecule has 0 atom stereocenters. The first-order valence-electron chi connectivity index (χ1n) is 8.87. The van der Waals surface area contributed by atoms with E-state index in [2.05, 4.69) is 35.4 Å². The minimum atomic E-state index is -0.187. The van der Waals surface area contributed by atoms with Gasteiger partial charge in [-0.05, 0) is 50.1 Å². The number of aromatic nitrogens is 1. The van der Waals surface area contributed by atoms with Crippen LogP contribution in [-0.4, -0.2) is 16.4 Å². The van der Waals surface area contributed by atoms with Crippen LogP contribution in [0, 0.1) is 0 Å². The Hall–Kier alpha value is -2.33. The molecule has 1 heterocycles. The highest BCUT2D eigenvalue weighted by molar-refractivity contribution is 7.98. The maximum Gasteiger partial charge on any atom is 0.251 e. The van der Waals surface area contributed by atoms with Crippen LogP contribution < -0.4 is 5.32 Å². The smallest absolute Gasteiger partial charge is 0.251 e. The zero-order valence-corrected chi connectivity index (χ0v) is 16.3. The average Bonchev–Trinajstić information content (AvgIpc) is 2.66. The Labute approximate surface area is 159 Å². The maximum absolute atomic E-state index is 12.3. The Kier molecular flexibility index (Phi) is 5.62. The van der Waals surface area contributed by atoms with Crippen LogP contribution in [0.1, 0.15) is 43.1 Å². The number of rotatable bonds is 6. The van der Waals surface area contributed by atoms with Gasteiger partial charge < -0.3 is 5.32 Å². The number of carbonyl (C=O) groups is 1. The highest BCUT2D eigenvalue weighted by Gasteiger charge is 2.18. The van der Waals surface area contributed by atoms with Gasteiger partial charge in [-0.25, -0.2) is 4.98 Å². The van der Waals surface area contributed by atoms with Gasteiger partial charge in [0.15, 0.2) is 0 Å². The van der Waals surface area contributed by atoms with Gasteiger partial charge in [0.1, 0.15) is 0 Å². The second-order valence-corrected chi connectivity index (χ2v) is 8.01. The predicted octanol–water partition coefficient (Wildman–Crippen LogP) is 5.45. The van der Waals surface area contributed by atoms with E-state index < -0.39 is 0 Å². The Morgan fingerprint density at radius 2 is 1.77 bits per heavy atom. The monoisotopic (exact) mass is 364 g/mol. The summed E-state index contributed by atoms with van der Waals surface area (Å²) in [6.45, 7) is 6.14. The van der Waals surface area contributed by atoms with Gasteiger partial charge in [0.05, 0.1) is 10.5 Å². The van der Waals surface area contributed by atoms with Gasteiger partial charge in [-0.15, -0.1) is 11.8 Å². The van der Waals surface area contributed by atoms with Crippen molar-refractivity contribution in [3.05, 3.63) is 71.8 Å². The first-order valence-corrected chi connectivity index (χ1v) is 9.85. The zero-order valence-electron chi connectivity index (χ0n) is 15.5. The van der Waals surface area contributed by atoms with Gasteiger partial charge in [-0.2, -0.15) is 0 Å². The Balaban J connectivity index is 1.62. The third-order valence-corrected chi connectivity index (χ3v) is 5.51. The Bertz CT molecular complexity index is 903. The number of para-hydroxylation sites is 1. The molecule has 0 spiro atoms. The first-order chi connectivity index (χ1) is 12.5. The second-order valence-electron chi connectivity index (χ2n) is 7.02. The van der Waals surface area contributed by atoms with Crippen LogP contribution in [0.4, 0.5) is 0 Å². The molecule has 1 N–H and O–H groups in total. The van der Waals surface area contributed by atoms with Crippen LogP contribution in [0.2, 0.25) is 0 Å². The highest BCUT2D eigenvalue weighted by Crippen LogP contribution is 2.23. The SMILES string of the molecule is CCC(C)(C)NC(=O)c1ccc(CSc2ccc3ccccc3n2)cc1. The van der Waals surface area contributed by atoms with Gasteiger partial charge in [0, 0.05) is 22.2 Å². The number of benzene rings is 2. The fourth-order valence-electron chi connectivity index (χ4n) is 2.51. The lowest BCUT2D eigenvalue weighted by atomic mass is 10.0. The summed E-state index contributed by atoms with van der Waals surface area (Å²) in [5.74, 6) is 0.806. The zero-order chi connectivity index (χ0) is 18.6. The molecule has 0 saturated heterocycles. The molecule has 3 aromatic rings. The first kappa shape index (κ1) is 18.5. The minimum Gasteiger partial charge on any atom is -0.347 e. The lowest BCUT2D eigenvalue weighted by molar-refractivity contribution is 0.0911. The molecule has 0 bridgehead atoms. The molecule has 0 radical (unpaired) electrons. The van der Waals surface area contributed by atoms with E-state index in [4.69, 9.17) is 0 Å². The molecule has 3 nitrogen and oxygen atoms in total. The fourth-order valence-corrected chi connectivity index (χ4v) is 3.34. The van der Waals surface area contributed by atoms with Crippen molar-refractivity contribution in [2.45, 2.75) is 43.5 Å². The minimum absolute atomic E-state index is 0.0211. The molecule has 2 aromatic carbocycles. The summed E-state index contributed by atoms with van der Waals surface area (Å²) in [4.78, 5) is 17.0. The summed E-state index contributed by atoms with van der Waals surface area (Å²) in [6.07, 6.45) is 0.895. The molecule has 4 heteroatoms. The van der Waals surface area contributed by atoms with Crippen LogP contribution >= 0.6 is 11.8 Å². The summed E-state index contributed by atoms with van der Waals surface area (Å²) < 4.78 is 0. The molecule has 0 saturated carbocycles. The standard InChI is InChI=1S/C22H24N2OS/c1-4-22(2,3)24-21(25)18-11-9-16(10-12-18)15-26-20-14-13-17-7-5-6-8-19(17)23-20/h5-14H,4,15H2,1-3H3,(H,24,25). The van der Waals surface area contributed by atoms with Crippen molar-refractivity contribution in [1.29, 1.82) is 0 Å². The predicted molar refractivity (Wildman–Crippen MR) is 110 cm³/mol. The van der Waals surface area contributed by atoms with E-state index in [0.717, 1.165) is 28.1 Å². The largest absolute Gasteiger partial charge is 0.347 e. The normalized spacial score (nSPS) is 11.5. The van der Waals surface area contributed by atoms with E-state index in [1.807, 2.05) is 56.3 Å². The van der Waals surface area contributed by atoms with Crippen LogP contribution in [0.25, 0.3) is 10.9 Å². The summed E-state index contributed by atoms with van der Waals surface area (Å²) in [6, 6.07) is 20.1. The number of carbonyl (C=O) groups excluding carboxylic acids is 1. The number of hydrogen-bond acceptors (Lipinski definition) is 3. The number of hydrogen-bond donors (Lipinski definition) is 1. The molecule has 1 aromatic heterocycles. The second kappa shape index (κ2) is 7.92. The molecule has 26 heavy (non-hydrogen) atoms. The third kappa shape index (κ3) is 4.64. The molecule has 134 valence electrons. The van der Waals surface area contributed by atoms with E-state index in [-0.39, 0.29) is 11.4 Å². The summed E-state index contributed by atoms with van der Waals surface area (Å²) in [5, 5.41) is 5.23. The molecular formula is C22H24N2OS. The molecule has 0 aliphatic carbocycles. The van der Waals surface area contributed by atoms with E-state index >= 15 is 0 Å². The van der Waals surface area contributed by atoms with Crippen molar-refractivity contribution in [3.8, 4) is 0 Å².